The molecule has 0 saturated heterocycles. The molecule has 2 N–H and O–H groups in total. The van der Waals surface area contributed by atoms with Crippen molar-refractivity contribution in [3.63, 3.8) is 0 Å². The van der Waals surface area contributed by atoms with Crippen molar-refractivity contribution in [2.75, 3.05) is 13.6 Å². The minimum absolute atomic E-state index is 0.107. The molecule has 2 atom stereocenters. The third kappa shape index (κ3) is 3.83. The van der Waals surface area contributed by atoms with Gasteiger partial charge in [0.25, 0.3) is 0 Å². The van der Waals surface area contributed by atoms with Crippen LogP contribution < -0.4 is 5.73 Å². The lowest BCUT2D eigenvalue weighted by Gasteiger charge is -2.28. The van der Waals surface area contributed by atoms with Gasteiger partial charge < -0.3 is 10.6 Å². The average molecular weight is 274 g/mol. The van der Waals surface area contributed by atoms with Crippen LogP contribution in [0.25, 0.3) is 0 Å². The Kier molecular flexibility index (Phi) is 4.55. The number of rotatable bonds is 5. The van der Waals surface area contributed by atoms with E-state index >= 15 is 0 Å². The molecule has 1 saturated carbocycles. The first kappa shape index (κ1) is 15.5. The highest BCUT2D eigenvalue weighted by Gasteiger charge is 2.30. The van der Waals surface area contributed by atoms with Gasteiger partial charge in [0.1, 0.15) is 0 Å². The molecule has 2 rings (SSSR count). The fourth-order valence-corrected chi connectivity index (χ4v) is 2.75. The summed E-state index contributed by atoms with van der Waals surface area (Å²) in [6.07, 6.45) is 2.78. The minimum atomic E-state index is 0.107. The zero-order valence-electron chi connectivity index (χ0n) is 13.7. The first-order valence-electron chi connectivity index (χ1n) is 7.85. The quantitative estimate of drug-likeness (QED) is 0.887. The molecular weight excluding hydrogens is 244 g/mol. The summed E-state index contributed by atoms with van der Waals surface area (Å²) in [6, 6.07) is 9.60. The van der Waals surface area contributed by atoms with E-state index in [-0.39, 0.29) is 11.5 Å². The van der Waals surface area contributed by atoms with Crippen molar-refractivity contribution >= 4 is 0 Å². The monoisotopic (exact) mass is 274 g/mol. The van der Waals surface area contributed by atoms with Gasteiger partial charge in [0.15, 0.2) is 0 Å². The van der Waals surface area contributed by atoms with E-state index in [0.717, 1.165) is 12.5 Å². The van der Waals surface area contributed by atoms with Crippen molar-refractivity contribution in [2.45, 2.75) is 58.0 Å². The Morgan fingerprint density at radius 1 is 1.20 bits per heavy atom. The van der Waals surface area contributed by atoms with Gasteiger partial charge in [0.2, 0.25) is 0 Å². The molecule has 1 aromatic rings. The van der Waals surface area contributed by atoms with Crippen molar-refractivity contribution in [1.29, 1.82) is 0 Å². The first-order chi connectivity index (χ1) is 9.29. The van der Waals surface area contributed by atoms with E-state index < -0.39 is 0 Å². The molecule has 0 bridgehead atoms. The van der Waals surface area contributed by atoms with Gasteiger partial charge in [-0.3, -0.25) is 0 Å². The lowest BCUT2D eigenvalue weighted by molar-refractivity contribution is 0.221. The lowest BCUT2D eigenvalue weighted by atomic mass is 9.86. The maximum Gasteiger partial charge on any atom is 0.0424 e. The molecule has 2 nitrogen and oxygen atoms in total. The van der Waals surface area contributed by atoms with Crippen LogP contribution in [-0.4, -0.2) is 24.5 Å². The van der Waals surface area contributed by atoms with E-state index in [1.165, 1.54) is 24.0 Å². The number of benzene rings is 1. The van der Waals surface area contributed by atoms with E-state index in [2.05, 4.69) is 63.9 Å². The van der Waals surface area contributed by atoms with E-state index in [9.17, 15) is 0 Å². The first-order valence-corrected chi connectivity index (χ1v) is 7.85. The lowest BCUT2D eigenvalue weighted by Crippen LogP contribution is -2.36. The predicted octanol–water partition coefficient (Wildman–Crippen LogP) is 3.71. The molecule has 2 unspecified atom stereocenters. The van der Waals surface area contributed by atoms with E-state index in [4.69, 9.17) is 5.73 Å². The Morgan fingerprint density at radius 2 is 1.75 bits per heavy atom. The highest BCUT2D eigenvalue weighted by Crippen LogP contribution is 2.35. The third-order valence-electron chi connectivity index (χ3n) is 4.69. The highest BCUT2D eigenvalue weighted by molar-refractivity contribution is 5.29. The van der Waals surface area contributed by atoms with E-state index in [0.29, 0.717) is 6.04 Å². The molecule has 0 radical (unpaired) electrons. The van der Waals surface area contributed by atoms with Crippen molar-refractivity contribution in [3.05, 3.63) is 35.4 Å². The molecule has 20 heavy (non-hydrogen) atoms. The van der Waals surface area contributed by atoms with Gasteiger partial charge in [-0.05, 0) is 49.3 Å². The van der Waals surface area contributed by atoms with E-state index in [1.54, 1.807) is 0 Å². The molecule has 1 aromatic carbocycles. The summed E-state index contributed by atoms with van der Waals surface area (Å²) >= 11 is 0. The third-order valence-corrected chi connectivity index (χ3v) is 4.69. The van der Waals surface area contributed by atoms with Crippen molar-refractivity contribution < 1.29 is 0 Å². The Balaban J connectivity index is 1.96. The molecule has 2 heteroatoms. The molecule has 0 aliphatic heterocycles. The van der Waals surface area contributed by atoms with Crippen molar-refractivity contribution in [3.8, 4) is 0 Å². The van der Waals surface area contributed by atoms with Crippen LogP contribution in [0.1, 0.15) is 57.7 Å². The van der Waals surface area contributed by atoms with Crippen LogP contribution in [0.4, 0.5) is 0 Å². The predicted molar refractivity (Wildman–Crippen MR) is 86.9 cm³/mol. The largest absolute Gasteiger partial charge is 0.323 e. The fourth-order valence-electron chi connectivity index (χ4n) is 2.75. The summed E-state index contributed by atoms with van der Waals surface area (Å²) in [7, 11) is 2.20. The number of nitrogens with zero attached hydrogens (tertiary/aromatic N) is 1. The second kappa shape index (κ2) is 5.87. The maximum atomic E-state index is 6.37. The Bertz CT molecular complexity index is 426. The second-order valence-electron chi connectivity index (χ2n) is 7.50. The molecule has 0 spiro atoms. The zero-order valence-corrected chi connectivity index (χ0v) is 13.7. The van der Waals surface area contributed by atoms with Gasteiger partial charge in [-0.2, -0.15) is 0 Å². The average Bonchev–Trinajstić information content (AvgIpc) is 3.21. The molecule has 0 amide bonds. The summed E-state index contributed by atoms with van der Waals surface area (Å²) < 4.78 is 0. The van der Waals surface area contributed by atoms with Gasteiger partial charge in [-0.1, -0.05) is 45.0 Å². The summed E-state index contributed by atoms with van der Waals surface area (Å²) in [6.45, 7) is 9.99. The van der Waals surface area contributed by atoms with Gasteiger partial charge in [-0.25, -0.2) is 0 Å². The molecule has 1 aliphatic carbocycles. The Labute approximate surface area is 124 Å². The van der Waals surface area contributed by atoms with Gasteiger partial charge >= 0.3 is 0 Å². The van der Waals surface area contributed by atoms with Crippen LogP contribution in [0.3, 0.4) is 0 Å². The molecule has 0 aromatic heterocycles. The topological polar surface area (TPSA) is 29.3 Å². The highest BCUT2D eigenvalue weighted by atomic mass is 15.1. The summed E-state index contributed by atoms with van der Waals surface area (Å²) in [5, 5.41) is 0. The molecule has 0 heterocycles. The molecule has 1 fully saturated rings. The van der Waals surface area contributed by atoms with Gasteiger partial charge in [0.05, 0.1) is 0 Å². The smallest absolute Gasteiger partial charge is 0.0424 e. The summed E-state index contributed by atoms with van der Waals surface area (Å²) in [4.78, 5) is 2.42. The maximum absolute atomic E-state index is 6.37. The molecule has 1 aliphatic rings. The van der Waals surface area contributed by atoms with Crippen LogP contribution in [0.2, 0.25) is 0 Å². The van der Waals surface area contributed by atoms with Crippen LogP contribution in [0.5, 0.6) is 0 Å². The van der Waals surface area contributed by atoms with Crippen molar-refractivity contribution in [2.24, 2.45) is 11.7 Å². The van der Waals surface area contributed by atoms with Crippen LogP contribution >= 0.6 is 0 Å². The number of likely N-dealkylation sites (N-methyl/N-ethyl adjacent to an activating group) is 1. The van der Waals surface area contributed by atoms with Crippen LogP contribution in [-0.2, 0) is 5.41 Å². The van der Waals surface area contributed by atoms with E-state index in [1.807, 2.05) is 0 Å². The van der Waals surface area contributed by atoms with Gasteiger partial charge in [0, 0.05) is 18.6 Å². The standard InChI is InChI=1S/C18H30N2/c1-13(14-6-7-14)20(5)12-17(19)15-8-10-16(11-9-15)18(2,3)4/h8-11,13-14,17H,6-7,12,19H2,1-5H3. The van der Waals surface area contributed by atoms with Crippen molar-refractivity contribution in [1.82, 2.24) is 4.90 Å². The summed E-state index contributed by atoms with van der Waals surface area (Å²) in [5.41, 5.74) is 9.19. The number of nitrogens with two attached hydrogens (primary N) is 1. The zero-order chi connectivity index (χ0) is 14.9. The fraction of sp³-hybridized carbons (Fsp3) is 0.667. The Hall–Kier alpha value is -0.860. The van der Waals surface area contributed by atoms with Gasteiger partial charge in [-0.15, -0.1) is 0 Å². The molecule has 112 valence electrons. The minimum Gasteiger partial charge on any atom is -0.323 e. The SMILES string of the molecule is CC(C1CC1)N(C)CC(N)c1ccc(C(C)(C)C)cc1. The summed E-state index contributed by atoms with van der Waals surface area (Å²) in [5.74, 6) is 0.899. The number of hydrogen-bond acceptors (Lipinski definition) is 2. The molecular formula is C18H30N2. The second-order valence-corrected chi connectivity index (χ2v) is 7.50. The van der Waals surface area contributed by atoms with Crippen LogP contribution in [0, 0.1) is 5.92 Å². The Morgan fingerprint density at radius 3 is 2.20 bits per heavy atom. The normalized spacial score (nSPS) is 19.1. The number of hydrogen-bond donors (Lipinski definition) is 1. The van der Waals surface area contributed by atoms with Crippen LogP contribution in [0.15, 0.2) is 24.3 Å².